The van der Waals surface area contributed by atoms with Gasteiger partial charge in [-0.25, -0.2) is 4.79 Å². The normalized spacial score (nSPS) is 36.9. The molecule has 1 aliphatic rings. The predicted octanol–water partition coefficient (Wildman–Crippen LogP) is 0.539. The van der Waals surface area contributed by atoms with Gasteiger partial charge in [-0.2, -0.15) is 0 Å². The third-order valence-corrected chi connectivity index (χ3v) is 3.29. The van der Waals surface area contributed by atoms with Crippen LogP contribution in [0.15, 0.2) is 0 Å². The van der Waals surface area contributed by atoms with Gasteiger partial charge in [0.1, 0.15) is 18.3 Å². The lowest BCUT2D eigenvalue weighted by atomic mass is 9.89. The minimum Gasteiger partial charge on any atom is -0.479 e. The molecule has 6 heteroatoms. The molecule has 0 aromatic heterocycles. The number of hydrogen-bond donors (Lipinski definition) is 1. The first-order chi connectivity index (χ1) is 8.47. The lowest BCUT2D eigenvalue weighted by molar-refractivity contribution is -0.251. The van der Waals surface area contributed by atoms with Gasteiger partial charge in [0.25, 0.3) is 0 Å². The third-order valence-electron chi connectivity index (χ3n) is 3.29. The summed E-state index contributed by atoms with van der Waals surface area (Å²) in [5.41, 5.74) is 0. The number of carbonyl (C=O) groups is 1. The number of methoxy groups -OCH3 is 3. The Kier molecular flexibility index (Phi) is 5.52. The van der Waals surface area contributed by atoms with Crippen molar-refractivity contribution in [1.82, 2.24) is 0 Å². The van der Waals surface area contributed by atoms with E-state index in [-0.39, 0.29) is 18.1 Å². The first-order valence-corrected chi connectivity index (χ1v) is 5.94. The quantitative estimate of drug-likeness (QED) is 0.779. The highest BCUT2D eigenvalue weighted by Crippen LogP contribution is 2.30. The van der Waals surface area contributed by atoms with Crippen LogP contribution in [0.1, 0.15) is 13.8 Å². The van der Waals surface area contributed by atoms with Crippen LogP contribution in [0.3, 0.4) is 0 Å². The van der Waals surface area contributed by atoms with Gasteiger partial charge < -0.3 is 24.1 Å². The van der Waals surface area contributed by atoms with Gasteiger partial charge in [0, 0.05) is 21.3 Å². The molecule has 0 bridgehead atoms. The Hall–Kier alpha value is -0.690. The van der Waals surface area contributed by atoms with Crippen LogP contribution >= 0.6 is 0 Å². The molecular weight excluding hydrogens is 240 g/mol. The zero-order valence-corrected chi connectivity index (χ0v) is 11.5. The molecule has 1 rings (SSSR count). The molecular formula is C12H22O6. The maximum atomic E-state index is 11.2. The number of aliphatic carboxylic acids is 1. The maximum absolute atomic E-state index is 11.2. The van der Waals surface area contributed by atoms with Crippen molar-refractivity contribution in [2.75, 3.05) is 21.3 Å². The van der Waals surface area contributed by atoms with Gasteiger partial charge >= 0.3 is 5.97 Å². The van der Waals surface area contributed by atoms with Gasteiger partial charge in [-0.1, -0.05) is 13.8 Å². The highest BCUT2D eigenvalue weighted by Gasteiger charge is 2.50. The van der Waals surface area contributed by atoms with E-state index >= 15 is 0 Å². The molecule has 1 saturated heterocycles. The molecule has 1 N–H and O–H groups in total. The average Bonchev–Trinajstić information content (AvgIpc) is 2.35. The second-order valence-corrected chi connectivity index (χ2v) is 4.70. The van der Waals surface area contributed by atoms with Crippen LogP contribution < -0.4 is 0 Å². The van der Waals surface area contributed by atoms with Crippen LogP contribution in [0.4, 0.5) is 0 Å². The lowest BCUT2D eigenvalue weighted by Gasteiger charge is -2.45. The fourth-order valence-corrected chi connectivity index (χ4v) is 2.40. The summed E-state index contributed by atoms with van der Waals surface area (Å²) in [6.45, 7) is 3.91. The molecule has 6 nitrogen and oxygen atoms in total. The molecule has 0 aromatic carbocycles. The summed E-state index contributed by atoms with van der Waals surface area (Å²) in [4.78, 5) is 11.2. The van der Waals surface area contributed by atoms with Crippen molar-refractivity contribution in [3.05, 3.63) is 0 Å². The van der Waals surface area contributed by atoms with E-state index in [1.165, 1.54) is 14.2 Å². The molecule has 1 heterocycles. The zero-order valence-electron chi connectivity index (χ0n) is 11.5. The number of carboxylic acid groups (broad SMARTS) is 1. The van der Waals surface area contributed by atoms with E-state index in [9.17, 15) is 9.90 Å². The highest BCUT2D eigenvalue weighted by molar-refractivity contribution is 5.73. The summed E-state index contributed by atoms with van der Waals surface area (Å²) in [6, 6.07) is 0. The fourth-order valence-electron chi connectivity index (χ4n) is 2.40. The molecule has 0 saturated carbocycles. The molecule has 0 amide bonds. The van der Waals surface area contributed by atoms with E-state index in [0.29, 0.717) is 0 Å². The number of hydrogen-bond acceptors (Lipinski definition) is 5. The van der Waals surface area contributed by atoms with Crippen molar-refractivity contribution in [3.63, 3.8) is 0 Å². The van der Waals surface area contributed by atoms with Crippen molar-refractivity contribution in [3.8, 4) is 0 Å². The second-order valence-electron chi connectivity index (χ2n) is 4.70. The van der Waals surface area contributed by atoms with Gasteiger partial charge in [-0.05, 0) is 5.92 Å². The van der Waals surface area contributed by atoms with Crippen LogP contribution in [0.2, 0.25) is 0 Å². The van der Waals surface area contributed by atoms with Crippen molar-refractivity contribution in [2.24, 2.45) is 5.92 Å². The molecule has 0 aliphatic carbocycles. The molecule has 5 atom stereocenters. The highest BCUT2D eigenvalue weighted by atomic mass is 16.6. The SMILES string of the molecule is COC1C(OC)[C@@H](OC)C(C(=O)O)O[C@H]1C(C)C. The molecule has 18 heavy (non-hydrogen) atoms. The van der Waals surface area contributed by atoms with Gasteiger partial charge in [0.2, 0.25) is 0 Å². The third kappa shape index (κ3) is 2.83. The van der Waals surface area contributed by atoms with E-state index < -0.39 is 24.3 Å². The first-order valence-electron chi connectivity index (χ1n) is 5.94. The topological polar surface area (TPSA) is 74.2 Å². The largest absolute Gasteiger partial charge is 0.479 e. The lowest BCUT2D eigenvalue weighted by Crippen LogP contribution is -2.62. The summed E-state index contributed by atoms with van der Waals surface area (Å²) < 4.78 is 21.6. The summed E-state index contributed by atoms with van der Waals surface area (Å²) >= 11 is 0. The molecule has 0 spiro atoms. The van der Waals surface area contributed by atoms with Crippen molar-refractivity contribution >= 4 is 5.97 Å². The molecule has 3 unspecified atom stereocenters. The van der Waals surface area contributed by atoms with Crippen LogP contribution in [0.5, 0.6) is 0 Å². The Labute approximate surface area is 107 Å². The Morgan fingerprint density at radius 2 is 1.56 bits per heavy atom. The number of rotatable bonds is 5. The minimum absolute atomic E-state index is 0.118. The second kappa shape index (κ2) is 6.47. The van der Waals surface area contributed by atoms with Crippen molar-refractivity contribution in [2.45, 2.75) is 44.4 Å². The number of carboxylic acids is 1. The van der Waals surface area contributed by atoms with Crippen molar-refractivity contribution in [1.29, 1.82) is 0 Å². The van der Waals surface area contributed by atoms with E-state index in [1.807, 2.05) is 13.8 Å². The van der Waals surface area contributed by atoms with E-state index in [0.717, 1.165) is 0 Å². The Morgan fingerprint density at radius 3 is 1.89 bits per heavy atom. The minimum atomic E-state index is -1.05. The van der Waals surface area contributed by atoms with Gasteiger partial charge in [0.05, 0.1) is 6.10 Å². The predicted molar refractivity (Wildman–Crippen MR) is 63.5 cm³/mol. The van der Waals surface area contributed by atoms with E-state index in [2.05, 4.69) is 0 Å². The Balaban J connectivity index is 3.03. The average molecular weight is 262 g/mol. The Morgan fingerprint density at radius 1 is 1.06 bits per heavy atom. The molecule has 0 aromatic rings. The number of ether oxygens (including phenoxy) is 4. The molecule has 1 fully saturated rings. The monoisotopic (exact) mass is 262 g/mol. The summed E-state index contributed by atoms with van der Waals surface area (Å²) in [5, 5.41) is 9.21. The van der Waals surface area contributed by atoms with Crippen LogP contribution in [-0.4, -0.2) is 62.9 Å². The molecule has 0 radical (unpaired) electrons. The van der Waals surface area contributed by atoms with Gasteiger partial charge in [-0.3, -0.25) is 0 Å². The summed E-state index contributed by atoms with van der Waals surface area (Å²) in [6.07, 6.45) is -2.89. The zero-order chi connectivity index (χ0) is 13.9. The molecule has 106 valence electrons. The van der Waals surface area contributed by atoms with Gasteiger partial charge in [-0.15, -0.1) is 0 Å². The van der Waals surface area contributed by atoms with Gasteiger partial charge in [0.15, 0.2) is 6.10 Å². The fraction of sp³-hybridized carbons (Fsp3) is 0.917. The maximum Gasteiger partial charge on any atom is 0.335 e. The Bertz CT molecular complexity index is 280. The van der Waals surface area contributed by atoms with Crippen LogP contribution in [-0.2, 0) is 23.7 Å². The summed E-state index contributed by atoms with van der Waals surface area (Å²) in [7, 11) is 4.52. The van der Waals surface area contributed by atoms with E-state index in [1.54, 1.807) is 7.11 Å². The van der Waals surface area contributed by atoms with Crippen LogP contribution in [0.25, 0.3) is 0 Å². The van der Waals surface area contributed by atoms with Crippen LogP contribution in [0, 0.1) is 5.92 Å². The van der Waals surface area contributed by atoms with Crippen molar-refractivity contribution < 1.29 is 28.8 Å². The smallest absolute Gasteiger partial charge is 0.335 e. The van der Waals surface area contributed by atoms with E-state index in [4.69, 9.17) is 18.9 Å². The summed E-state index contributed by atoms with van der Waals surface area (Å²) in [5.74, 6) is -0.934. The molecule has 1 aliphatic heterocycles. The first kappa shape index (κ1) is 15.4. The standard InChI is InChI=1S/C12H22O6/c1-6(2)7-8(15-3)9(16-4)10(17-5)11(18-7)12(13)14/h6-11H,1-5H3,(H,13,14)/t7-,8?,9?,10+,11?/m0/s1.